The van der Waals surface area contributed by atoms with E-state index >= 15 is 0 Å². The molecule has 0 aliphatic heterocycles. The molecule has 1 aliphatic rings. The summed E-state index contributed by atoms with van der Waals surface area (Å²) in [7, 11) is 0. The Hall–Kier alpha value is -4.79. The zero-order chi connectivity index (χ0) is 28.0. The van der Waals surface area contributed by atoms with Crippen LogP contribution in [0.5, 0.6) is 0 Å². The fourth-order valence-electron chi connectivity index (χ4n) is 6.45. The Labute approximate surface area is 250 Å². The molecule has 2 aromatic heterocycles. The number of fused-ring (bicyclic) bond motifs is 4. The zero-order valence-electron chi connectivity index (χ0n) is 23.4. The van der Waals surface area contributed by atoms with Crippen LogP contribution in [0.1, 0.15) is 30.5 Å². The largest absolute Gasteiger partial charge is 0.248 e. The molecule has 1 atom stereocenters. The van der Waals surface area contributed by atoms with E-state index in [1.165, 1.54) is 59.1 Å². The van der Waals surface area contributed by atoms with Crippen LogP contribution in [0.4, 0.5) is 0 Å². The molecule has 1 nitrogen and oxygen atoms in total. The monoisotopic (exact) mass is 555 g/mol. The van der Waals surface area contributed by atoms with Crippen LogP contribution in [0.2, 0.25) is 0 Å². The first-order chi connectivity index (χ1) is 20.7. The lowest BCUT2D eigenvalue weighted by Gasteiger charge is -2.23. The lowest BCUT2D eigenvalue weighted by molar-refractivity contribution is 0.766. The van der Waals surface area contributed by atoms with Crippen molar-refractivity contribution in [3.63, 3.8) is 0 Å². The molecule has 0 amide bonds. The number of rotatable bonds is 4. The third-order valence-corrected chi connectivity index (χ3v) is 9.60. The number of pyridine rings is 1. The highest BCUT2D eigenvalue weighted by molar-refractivity contribution is 7.26. The van der Waals surface area contributed by atoms with E-state index in [1.54, 1.807) is 0 Å². The number of nitrogens with zero attached hydrogens (tertiary/aromatic N) is 1. The first-order valence-electron chi connectivity index (χ1n) is 14.6. The molecule has 2 heterocycles. The number of hydrogen-bond acceptors (Lipinski definition) is 2. The topological polar surface area (TPSA) is 12.9 Å². The Morgan fingerprint density at radius 3 is 2.14 bits per heavy atom. The maximum atomic E-state index is 5.30. The maximum Gasteiger partial charge on any atom is 0.0716 e. The van der Waals surface area contributed by atoms with Crippen molar-refractivity contribution in [2.45, 2.75) is 19.3 Å². The van der Waals surface area contributed by atoms with Crippen LogP contribution in [0.25, 0.3) is 70.9 Å². The maximum absolute atomic E-state index is 5.30. The van der Waals surface area contributed by atoms with Gasteiger partial charge in [0.2, 0.25) is 0 Å². The van der Waals surface area contributed by atoms with Crippen molar-refractivity contribution in [3.8, 4) is 44.6 Å². The molecule has 5 aromatic carbocycles. The second-order valence-corrected chi connectivity index (χ2v) is 12.3. The molecule has 7 aromatic rings. The highest BCUT2D eigenvalue weighted by atomic mass is 32.1. The third-order valence-electron chi connectivity index (χ3n) is 8.49. The van der Waals surface area contributed by atoms with Crippen LogP contribution in [-0.2, 0) is 0 Å². The Balaban J connectivity index is 1.39. The first-order valence-corrected chi connectivity index (χ1v) is 15.4. The van der Waals surface area contributed by atoms with Crippen LogP contribution in [0, 0.1) is 0 Å². The summed E-state index contributed by atoms with van der Waals surface area (Å²) in [5.41, 5.74) is 12.1. The summed E-state index contributed by atoms with van der Waals surface area (Å²) in [6, 6.07) is 46.2. The van der Waals surface area contributed by atoms with Gasteiger partial charge in [-0.05, 0) is 87.7 Å². The normalized spacial score (nSPS) is 14.4. The summed E-state index contributed by atoms with van der Waals surface area (Å²) in [4.78, 5) is 5.30. The molecule has 0 saturated heterocycles. The average Bonchev–Trinajstić information content (AvgIpc) is 3.43. The molecule has 0 fully saturated rings. The van der Waals surface area contributed by atoms with Crippen molar-refractivity contribution in [1.82, 2.24) is 4.98 Å². The molecule has 0 radical (unpaired) electrons. The quantitative estimate of drug-likeness (QED) is 0.210. The van der Waals surface area contributed by atoms with E-state index in [9.17, 15) is 0 Å². The van der Waals surface area contributed by atoms with Crippen LogP contribution in [-0.4, -0.2) is 4.98 Å². The van der Waals surface area contributed by atoms with E-state index in [1.807, 2.05) is 11.3 Å². The van der Waals surface area contributed by atoms with Crippen molar-refractivity contribution in [1.29, 1.82) is 0 Å². The highest BCUT2D eigenvalue weighted by Crippen LogP contribution is 2.45. The van der Waals surface area contributed by atoms with Crippen molar-refractivity contribution in [2.75, 3.05) is 0 Å². The van der Waals surface area contributed by atoms with Gasteiger partial charge in [-0.15, -0.1) is 11.3 Å². The van der Waals surface area contributed by atoms with Crippen LogP contribution in [0.15, 0.2) is 133 Å². The van der Waals surface area contributed by atoms with Gasteiger partial charge in [-0.2, -0.15) is 0 Å². The number of aromatic nitrogens is 1. The number of allylic oxidation sites excluding steroid dienone is 1. The summed E-state index contributed by atoms with van der Waals surface area (Å²) < 4.78 is 2.60. The number of thiophene rings is 1. The van der Waals surface area contributed by atoms with Crippen LogP contribution in [0.3, 0.4) is 0 Å². The summed E-state index contributed by atoms with van der Waals surface area (Å²) in [5, 5.41) is 2.63. The molecule has 42 heavy (non-hydrogen) atoms. The SMILES string of the molecule is CC1CC=Cc2nc(-c3cc(-c4cccc(-c5ccccc5)c4)c4c(c3)sc3ccccc34)cc(-c3ccccc3)c21. The molecule has 0 spiro atoms. The smallest absolute Gasteiger partial charge is 0.0716 e. The van der Waals surface area contributed by atoms with E-state index in [0.29, 0.717) is 5.92 Å². The van der Waals surface area contributed by atoms with Gasteiger partial charge in [0.1, 0.15) is 0 Å². The van der Waals surface area contributed by atoms with E-state index in [2.05, 4.69) is 146 Å². The van der Waals surface area contributed by atoms with Gasteiger partial charge in [0.05, 0.1) is 11.4 Å². The van der Waals surface area contributed by atoms with Crippen molar-refractivity contribution in [2.24, 2.45) is 0 Å². The first kappa shape index (κ1) is 25.0. The Morgan fingerprint density at radius 2 is 1.31 bits per heavy atom. The van der Waals surface area contributed by atoms with Crippen LogP contribution < -0.4 is 0 Å². The second kappa shape index (κ2) is 10.2. The van der Waals surface area contributed by atoms with Gasteiger partial charge >= 0.3 is 0 Å². The molecule has 2 heteroatoms. The predicted molar refractivity (Wildman–Crippen MR) is 181 cm³/mol. The van der Waals surface area contributed by atoms with Gasteiger partial charge in [-0.25, -0.2) is 4.98 Å². The minimum Gasteiger partial charge on any atom is -0.248 e. The Kier molecular flexibility index (Phi) is 6.09. The predicted octanol–water partition coefficient (Wildman–Crippen LogP) is 11.6. The lowest BCUT2D eigenvalue weighted by Crippen LogP contribution is -2.06. The summed E-state index contributed by atoms with van der Waals surface area (Å²) in [5.74, 6) is 0.433. The van der Waals surface area contributed by atoms with Crippen molar-refractivity contribution in [3.05, 3.63) is 145 Å². The fourth-order valence-corrected chi connectivity index (χ4v) is 7.62. The average molecular weight is 556 g/mol. The Bertz CT molecular complexity index is 2120. The molecule has 8 rings (SSSR count). The molecule has 200 valence electrons. The second-order valence-electron chi connectivity index (χ2n) is 11.2. The number of hydrogen-bond donors (Lipinski definition) is 0. The fraction of sp³-hybridized carbons (Fsp3) is 0.0750. The highest BCUT2D eigenvalue weighted by Gasteiger charge is 2.22. The molecule has 0 saturated carbocycles. The van der Waals surface area contributed by atoms with E-state index in [-0.39, 0.29) is 0 Å². The van der Waals surface area contributed by atoms with E-state index in [4.69, 9.17) is 4.98 Å². The molecule has 0 bridgehead atoms. The van der Waals surface area contributed by atoms with Crippen molar-refractivity contribution < 1.29 is 0 Å². The van der Waals surface area contributed by atoms with Gasteiger partial charge in [0.15, 0.2) is 0 Å². The standard InChI is InChI=1S/C40H29NS/c1-26-12-10-20-35-39(26)34(28-15-6-3-7-16-28)25-36(41-35)31-23-33(40-32-19-8-9-21-37(32)42-38(40)24-31)30-18-11-17-29(22-30)27-13-4-2-5-14-27/h2-11,13-26H,12H2,1H3. The summed E-state index contributed by atoms with van der Waals surface area (Å²) >= 11 is 1.87. The van der Waals surface area contributed by atoms with Crippen LogP contribution >= 0.6 is 11.3 Å². The van der Waals surface area contributed by atoms with E-state index < -0.39 is 0 Å². The molecular formula is C40H29NS. The van der Waals surface area contributed by atoms with Gasteiger partial charge in [-0.3, -0.25) is 0 Å². The molecular weight excluding hydrogens is 527 g/mol. The van der Waals surface area contributed by atoms with Gasteiger partial charge in [0.25, 0.3) is 0 Å². The lowest BCUT2D eigenvalue weighted by atomic mass is 9.84. The van der Waals surface area contributed by atoms with Crippen molar-refractivity contribution >= 4 is 37.6 Å². The van der Waals surface area contributed by atoms with E-state index in [0.717, 1.165) is 23.4 Å². The van der Waals surface area contributed by atoms with Gasteiger partial charge < -0.3 is 0 Å². The third kappa shape index (κ3) is 4.27. The minimum atomic E-state index is 0.433. The van der Waals surface area contributed by atoms with Gasteiger partial charge in [0, 0.05) is 25.7 Å². The number of benzene rings is 5. The zero-order valence-corrected chi connectivity index (χ0v) is 24.2. The molecule has 1 unspecified atom stereocenters. The summed E-state index contributed by atoms with van der Waals surface area (Å²) in [6.07, 6.45) is 5.53. The van der Waals surface area contributed by atoms with Gasteiger partial charge in [-0.1, -0.05) is 110 Å². The molecule has 1 aliphatic carbocycles. The Morgan fingerprint density at radius 1 is 0.595 bits per heavy atom. The molecule has 0 N–H and O–H groups in total. The summed E-state index contributed by atoms with van der Waals surface area (Å²) in [6.45, 7) is 2.32. The minimum absolute atomic E-state index is 0.433.